The first kappa shape index (κ1) is 25.0. The number of anilines is 4. The molecule has 202 valence electrons. The van der Waals surface area contributed by atoms with Crippen LogP contribution in [0.1, 0.15) is 81.8 Å². The van der Waals surface area contributed by atoms with E-state index in [1.165, 1.54) is 37.6 Å². The van der Waals surface area contributed by atoms with Crippen LogP contribution >= 0.6 is 0 Å². The summed E-state index contributed by atoms with van der Waals surface area (Å²) in [6, 6.07) is 5.91. The number of hydrogen-bond acceptors (Lipinski definition) is 8. The zero-order valence-corrected chi connectivity index (χ0v) is 22.4. The van der Waals surface area contributed by atoms with Gasteiger partial charge in [0, 0.05) is 30.4 Å². The predicted molar refractivity (Wildman–Crippen MR) is 148 cm³/mol. The summed E-state index contributed by atoms with van der Waals surface area (Å²) in [5, 5.41) is 16.4. The summed E-state index contributed by atoms with van der Waals surface area (Å²) in [4.78, 5) is 9.18. The maximum atomic E-state index is 15.3. The van der Waals surface area contributed by atoms with Crippen LogP contribution in [-0.4, -0.2) is 62.1 Å². The fraction of sp³-hybridized carbons (Fsp3) is 0.571. The molecule has 38 heavy (non-hydrogen) atoms. The molecule has 3 aliphatic rings. The Balaban J connectivity index is 1.23. The van der Waals surface area contributed by atoms with Gasteiger partial charge in [-0.2, -0.15) is 14.8 Å². The molecular formula is C28H38FN9. The average molecular weight is 520 g/mol. The maximum Gasteiger partial charge on any atom is 0.241 e. The molecular weight excluding hydrogens is 481 g/mol. The third-order valence-electron chi connectivity index (χ3n) is 8.77. The number of piperidine rings is 1. The van der Waals surface area contributed by atoms with Crippen molar-refractivity contribution in [2.45, 2.75) is 76.7 Å². The van der Waals surface area contributed by atoms with E-state index >= 15 is 4.39 Å². The van der Waals surface area contributed by atoms with E-state index in [9.17, 15) is 0 Å². The number of nitrogen functional groups attached to an aromatic ring is 1. The molecule has 0 amide bonds. The first-order valence-electron chi connectivity index (χ1n) is 14.2. The summed E-state index contributed by atoms with van der Waals surface area (Å²) in [7, 11) is 0. The Morgan fingerprint density at radius 3 is 2.61 bits per heavy atom. The van der Waals surface area contributed by atoms with Crippen LogP contribution in [0.3, 0.4) is 0 Å². The predicted octanol–water partition coefficient (Wildman–Crippen LogP) is 4.98. The highest BCUT2D eigenvalue weighted by Gasteiger charge is 2.30. The van der Waals surface area contributed by atoms with Crippen LogP contribution in [0.4, 0.5) is 27.7 Å². The summed E-state index contributed by atoms with van der Waals surface area (Å²) in [5.74, 6) is 1.70. The fourth-order valence-electron chi connectivity index (χ4n) is 6.63. The fourth-order valence-corrected chi connectivity index (χ4v) is 6.63. The third-order valence-corrected chi connectivity index (χ3v) is 8.77. The Labute approximate surface area is 223 Å². The van der Waals surface area contributed by atoms with Gasteiger partial charge >= 0.3 is 0 Å². The van der Waals surface area contributed by atoms with Crippen molar-refractivity contribution in [3.8, 4) is 5.82 Å². The number of nitrogens with two attached hydrogens (primary N) is 1. The summed E-state index contributed by atoms with van der Waals surface area (Å²) in [6.07, 6.45) is 9.89. The summed E-state index contributed by atoms with van der Waals surface area (Å²) in [5.41, 5.74) is 9.64. The van der Waals surface area contributed by atoms with E-state index in [1.807, 2.05) is 18.3 Å². The Morgan fingerprint density at radius 1 is 1.08 bits per heavy atom. The van der Waals surface area contributed by atoms with E-state index in [2.05, 4.69) is 49.2 Å². The molecule has 2 aromatic heterocycles. The molecule has 0 spiro atoms. The van der Waals surface area contributed by atoms with E-state index in [4.69, 9.17) is 5.73 Å². The average Bonchev–Trinajstić information content (AvgIpc) is 3.59. The molecule has 2 atom stereocenters. The lowest BCUT2D eigenvalue weighted by Crippen LogP contribution is -2.44. The van der Waals surface area contributed by atoms with Crippen molar-refractivity contribution in [1.29, 1.82) is 0 Å². The van der Waals surface area contributed by atoms with Crippen LogP contribution < -0.4 is 16.0 Å². The number of hydrogen-bond donors (Lipinski definition) is 2. The zero-order valence-electron chi connectivity index (χ0n) is 22.4. The van der Waals surface area contributed by atoms with Crippen molar-refractivity contribution in [3.05, 3.63) is 41.3 Å². The number of likely N-dealkylation sites (tertiary alicyclic amines) is 1. The van der Waals surface area contributed by atoms with E-state index in [-0.39, 0.29) is 11.8 Å². The minimum absolute atomic E-state index is 0.127. The first-order valence-corrected chi connectivity index (χ1v) is 14.2. The second-order valence-electron chi connectivity index (χ2n) is 11.1. The zero-order chi connectivity index (χ0) is 26.2. The minimum atomic E-state index is -0.245. The van der Waals surface area contributed by atoms with Crippen LogP contribution in [-0.2, 0) is 0 Å². The number of fused-ring (bicyclic) bond motifs is 1. The lowest BCUT2D eigenvalue weighted by molar-refractivity contribution is 0.207. The van der Waals surface area contributed by atoms with Crippen molar-refractivity contribution in [2.24, 2.45) is 0 Å². The number of rotatable bonds is 6. The Hall–Kier alpha value is -3.27. The van der Waals surface area contributed by atoms with Gasteiger partial charge in [-0.1, -0.05) is 13.8 Å². The molecule has 0 saturated carbocycles. The van der Waals surface area contributed by atoms with Gasteiger partial charge in [-0.15, -0.1) is 10.2 Å². The minimum Gasteiger partial charge on any atom is -0.369 e. The van der Waals surface area contributed by atoms with Gasteiger partial charge in [-0.05, 0) is 93.6 Å². The van der Waals surface area contributed by atoms with Crippen LogP contribution in [0.15, 0.2) is 24.4 Å². The molecule has 1 aromatic carbocycles. The molecule has 3 aromatic rings. The second kappa shape index (κ2) is 10.5. The third kappa shape index (κ3) is 4.70. The molecule has 2 unspecified atom stereocenters. The summed E-state index contributed by atoms with van der Waals surface area (Å²) >= 11 is 0. The smallest absolute Gasteiger partial charge is 0.241 e. The maximum absolute atomic E-state index is 15.3. The molecule has 6 rings (SSSR count). The molecule has 9 nitrogen and oxygen atoms in total. The monoisotopic (exact) mass is 519 g/mol. The molecule has 2 fully saturated rings. The van der Waals surface area contributed by atoms with Gasteiger partial charge in [0.2, 0.25) is 11.9 Å². The standard InChI is InChI=1S/C28H38FN9/c1-3-19-7-6-18(2)22-17-31-34-26(25(19)22)38-28(33-27(30)35-38)32-20-8-9-24(23(29)16-20)37-14-10-21(11-15-37)36-12-4-5-13-36/h8-9,16-19,21H,3-7,10-15H2,1-2H3,(H3,30,32,33,35). The summed E-state index contributed by atoms with van der Waals surface area (Å²) < 4.78 is 17.0. The highest BCUT2D eigenvalue weighted by molar-refractivity contribution is 5.62. The van der Waals surface area contributed by atoms with Gasteiger partial charge in [0.1, 0.15) is 5.82 Å². The number of halogens is 1. The molecule has 2 saturated heterocycles. The van der Waals surface area contributed by atoms with Gasteiger partial charge in [0.25, 0.3) is 0 Å². The topological polar surface area (TPSA) is 101 Å². The molecule has 0 radical (unpaired) electrons. The molecule has 2 aliphatic heterocycles. The lowest BCUT2D eigenvalue weighted by atomic mass is 9.77. The van der Waals surface area contributed by atoms with Crippen LogP contribution in [0.25, 0.3) is 5.82 Å². The first-order chi connectivity index (χ1) is 18.5. The quantitative estimate of drug-likeness (QED) is 0.470. The number of benzene rings is 1. The molecule has 10 heteroatoms. The largest absolute Gasteiger partial charge is 0.369 e. The van der Waals surface area contributed by atoms with Crippen molar-refractivity contribution < 1.29 is 4.39 Å². The van der Waals surface area contributed by atoms with Gasteiger partial charge in [-0.25, -0.2) is 4.39 Å². The van der Waals surface area contributed by atoms with Crippen molar-refractivity contribution in [1.82, 2.24) is 29.9 Å². The summed E-state index contributed by atoms with van der Waals surface area (Å²) in [6.45, 7) is 8.61. The van der Waals surface area contributed by atoms with Crippen molar-refractivity contribution >= 4 is 23.3 Å². The van der Waals surface area contributed by atoms with Gasteiger partial charge < -0.3 is 20.9 Å². The second-order valence-corrected chi connectivity index (χ2v) is 11.1. The molecule has 3 N–H and O–H groups in total. The van der Waals surface area contributed by atoms with Crippen LogP contribution in [0, 0.1) is 5.82 Å². The normalized spacial score (nSPS) is 22.6. The Morgan fingerprint density at radius 2 is 1.87 bits per heavy atom. The molecule has 4 heterocycles. The van der Waals surface area contributed by atoms with Gasteiger partial charge in [-0.3, -0.25) is 0 Å². The van der Waals surface area contributed by atoms with Crippen molar-refractivity contribution in [3.63, 3.8) is 0 Å². The van der Waals surface area contributed by atoms with E-state index in [0.29, 0.717) is 41.0 Å². The molecule has 1 aliphatic carbocycles. The van der Waals surface area contributed by atoms with Crippen LogP contribution in [0.5, 0.6) is 0 Å². The van der Waals surface area contributed by atoms with E-state index < -0.39 is 0 Å². The number of aromatic nitrogens is 5. The highest BCUT2D eigenvalue weighted by atomic mass is 19.1. The van der Waals surface area contributed by atoms with E-state index in [0.717, 1.165) is 50.8 Å². The van der Waals surface area contributed by atoms with Crippen molar-refractivity contribution in [2.75, 3.05) is 42.1 Å². The highest BCUT2D eigenvalue weighted by Crippen LogP contribution is 2.42. The van der Waals surface area contributed by atoms with Gasteiger partial charge in [0.05, 0.1) is 11.9 Å². The number of nitrogens with one attached hydrogen (secondary N) is 1. The Kier molecular flexibility index (Phi) is 6.90. The van der Waals surface area contributed by atoms with Gasteiger partial charge in [0.15, 0.2) is 5.82 Å². The number of nitrogens with zero attached hydrogens (tertiary/aromatic N) is 7. The van der Waals surface area contributed by atoms with Crippen LogP contribution in [0.2, 0.25) is 0 Å². The Bertz CT molecular complexity index is 1280. The lowest BCUT2D eigenvalue weighted by Gasteiger charge is -2.38. The van der Waals surface area contributed by atoms with E-state index in [1.54, 1.807) is 4.68 Å². The SMILES string of the molecule is CCC1CCC(C)c2cnnc(-n3nc(N)nc3Nc3ccc(N4CCC(N5CCCC5)CC4)c(F)c3)c21. The molecule has 0 bridgehead atoms.